The zero-order chi connectivity index (χ0) is 15.0. The minimum absolute atomic E-state index is 0.289. The Labute approximate surface area is 130 Å². The van der Waals surface area contributed by atoms with Gasteiger partial charge in [0.15, 0.2) is 0 Å². The third-order valence-corrected chi connectivity index (χ3v) is 4.22. The molecule has 0 aromatic heterocycles. The number of benzene rings is 1. The molecule has 0 saturated carbocycles. The van der Waals surface area contributed by atoms with Crippen molar-refractivity contribution < 1.29 is 9.53 Å². The normalized spacial score (nSPS) is 12.2. The molecule has 4 heteroatoms. The van der Waals surface area contributed by atoms with Crippen LogP contribution in [0.5, 0.6) is 5.75 Å². The molecule has 0 aliphatic carbocycles. The van der Waals surface area contributed by atoms with Crippen LogP contribution in [0.15, 0.2) is 22.7 Å². The highest BCUT2D eigenvalue weighted by Gasteiger charge is 2.10. The smallest absolute Gasteiger partial charge is 0.137 e. The first kappa shape index (κ1) is 17.2. The van der Waals surface area contributed by atoms with E-state index in [0.717, 1.165) is 35.0 Å². The third kappa shape index (κ3) is 5.63. The highest BCUT2D eigenvalue weighted by atomic mass is 79.9. The molecule has 20 heavy (non-hydrogen) atoms. The van der Waals surface area contributed by atoms with Crippen molar-refractivity contribution >= 4 is 21.7 Å². The summed E-state index contributed by atoms with van der Waals surface area (Å²) < 4.78 is 6.07. The largest absolute Gasteiger partial charge is 0.496 e. The van der Waals surface area contributed by atoms with Gasteiger partial charge in [0, 0.05) is 12.8 Å². The first-order valence-corrected chi connectivity index (χ1v) is 7.94. The first-order valence-electron chi connectivity index (χ1n) is 7.14. The molecule has 1 atom stereocenters. The SMILES string of the molecule is CCC(CCN)CCC(=O)Cc1ccc(OC)c(Br)c1. The number of ether oxygens (including phenoxy) is 1. The Hall–Kier alpha value is -0.870. The average Bonchev–Trinajstić information content (AvgIpc) is 2.43. The Bertz CT molecular complexity index is 434. The maximum absolute atomic E-state index is 12.0. The third-order valence-electron chi connectivity index (χ3n) is 3.60. The summed E-state index contributed by atoms with van der Waals surface area (Å²) in [5, 5.41) is 0. The van der Waals surface area contributed by atoms with E-state index in [9.17, 15) is 4.79 Å². The van der Waals surface area contributed by atoms with E-state index in [1.807, 2.05) is 18.2 Å². The van der Waals surface area contributed by atoms with Crippen LogP contribution >= 0.6 is 15.9 Å². The second-order valence-electron chi connectivity index (χ2n) is 5.07. The molecule has 0 aliphatic heterocycles. The van der Waals surface area contributed by atoms with Crippen molar-refractivity contribution in [1.82, 2.24) is 0 Å². The molecule has 1 rings (SSSR count). The minimum atomic E-state index is 0.289. The second kappa shape index (κ2) is 9.14. The van der Waals surface area contributed by atoms with Crippen LogP contribution in [0, 0.1) is 5.92 Å². The van der Waals surface area contributed by atoms with E-state index in [-0.39, 0.29) is 5.78 Å². The van der Waals surface area contributed by atoms with Gasteiger partial charge in [-0.2, -0.15) is 0 Å². The fourth-order valence-electron chi connectivity index (χ4n) is 2.29. The summed E-state index contributed by atoms with van der Waals surface area (Å²) in [7, 11) is 1.63. The summed E-state index contributed by atoms with van der Waals surface area (Å²) in [5.74, 6) is 1.65. The second-order valence-corrected chi connectivity index (χ2v) is 5.93. The van der Waals surface area contributed by atoms with Crippen LogP contribution < -0.4 is 10.5 Å². The quantitative estimate of drug-likeness (QED) is 0.744. The van der Waals surface area contributed by atoms with Gasteiger partial charge in [0.2, 0.25) is 0 Å². The van der Waals surface area contributed by atoms with E-state index in [1.165, 1.54) is 0 Å². The molecule has 112 valence electrons. The Kier molecular flexibility index (Phi) is 7.85. The van der Waals surface area contributed by atoms with Gasteiger partial charge in [-0.05, 0) is 58.9 Å². The lowest BCUT2D eigenvalue weighted by Crippen LogP contribution is -2.11. The lowest BCUT2D eigenvalue weighted by atomic mass is 9.94. The zero-order valence-electron chi connectivity index (χ0n) is 12.3. The number of hydrogen-bond acceptors (Lipinski definition) is 3. The molecule has 1 aromatic rings. The molecule has 1 unspecified atom stereocenters. The first-order chi connectivity index (χ1) is 9.60. The summed E-state index contributed by atoms with van der Waals surface area (Å²) in [6.45, 7) is 2.86. The fourth-order valence-corrected chi connectivity index (χ4v) is 2.88. The lowest BCUT2D eigenvalue weighted by molar-refractivity contribution is -0.118. The van der Waals surface area contributed by atoms with E-state index in [1.54, 1.807) is 7.11 Å². The number of ketones is 1. The van der Waals surface area contributed by atoms with Gasteiger partial charge in [-0.15, -0.1) is 0 Å². The monoisotopic (exact) mass is 341 g/mol. The maximum Gasteiger partial charge on any atom is 0.137 e. The van der Waals surface area contributed by atoms with E-state index < -0.39 is 0 Å². The van der Waals surface area contributed by atoms with Crippen LogP contribution in [-0.2, 0) is 11.2 Å². The predicted molar refractivity (Wildman–Crippen MR) is 86.1 cm³/mol. The number of rotatable bonds is 9. The van der Waals surface area contributed by atoms with Crippen molar-refractivity contribution in [1.29, 1.82) is 0 Å². The Morgan fingerprint density at radius 3 is 2.70 bits per heavy atom. The van der Waals surface area contributed by atoms with Gasteiger partial charge in [-0.25, -0.2) is 0 Å². The molecule has 0 aliphatic rings. The van der Waals surface area contributed by atoms with Gasteiger partial charge in [-0.1, -0.05) is 19.4 Å². The number of methoxy groups -OCH3 is 1. The van der Waals surface area contributed by atoms with Crippen molar-refractivity contribution in [3.05, 3.63) is 28.2 Å². The van der Waals surface area contributed by atoms with E-state index in [4.69, 9.17) is 10.5 Å². The van der Waals surface area contributed by atoms with Gasteiger partial charge in [0.1, 0.15) is 11.5 Å². The fraction of sp³-hybridized carbons (Fsp3) is 0.562. The number of Topliss-reactive ketones (excluding diaryl/α,β-unsaturated/α-hetero) is 1. The highest BCUT2D eigenvalue weighted by molar-refractivity contribution is 9.10. The summed E-state index contributed by atoms with van der Waals surface area (Å²) in [6.07, 6.45) is 4.18. The van der Waals surface area contributed by atoms with Crippen LogP contribution in [0.3, 0.4) is 0 Å². The van der Waals surface area contributed by atoms with Crippen molar-refractivity contribution in [3.63, 3.8) is 0 Å². The summed E-state index contributed by atoms with van der Waals surface area (Å²) in [4.78, 5) is 12.0. The summed E-state index contributed by atoms with van der Waals surface area (Å²) >= 11 is 3.44. The van der Waals surface area contributed by atoms with Gasteiger partial charge >= 0.3 is 0 Å². The molecule has 0 amide bonds. The molecule has 0 spiro atoms. The number of halogens is 1. The van der Waals surface area contributed by atoms with E-state index in [0.29, 0.717) is 25.3 Å². The topological polar surface area (TPSA) is 52.3 Å². The van der Waals surface area contributed by atoms with Gasteiger partial charge in [0.05, 0.1) is 11.6 Å². The van der Waals surface area contributed by atoms with Crippen molar-refractivity contribution in [3.8, 4) is 5.75 Å². The van der Waals surface area contributed by atoms with E-state index >= 15 is 0 Å². The Morgan fingerprint density at radius 1 is 1.40 bits per heavy atom. The average molecular weight is 342 g/mol. The lowest BCUT2D eigenvalue weighted by Gasteiger charge is -2.12. The minimum Gasteiger partial charge on any atom is -0.496 e. The Morgan fingerprint density at radius 2 is 2.15 bits per heavy atom. The molecule has 0 radical (unpaired) electrons. The van der Waals surface area contributed by atoms with Crippen molar-refractivity contribution in [2.24, 2.45) is 11.7 Å². The molecule has 0 bridgehead atoms. The molecule has 0 heterocycles. The van der Waals surface area contributed by atoms with Gasteiger partial charge in [-0.3, -0.25) is 4.79 Å². The van der Waals surface area contributed by atoms with Gasteiger partial charge < -0.3 is 10.5 Å². The number of carbonyl (C=O) groups is 1. The molecule has 3 nitrogen and oxygen atoms in total. The number of carbonyl (C=O) groups excluding carboxylic acids is 1. The molecular formula is C16H24BrNO2. The molecule has 2 N–H and O–H groups in total. The van der Waals surface area contributed by atoms with Crippen LogP contribution in [0.2, 0.25) is 0 Å². The highest BCUT2D eigenvalue weighted by Crippen LogP contribution is 2.26. The molecular weight excluding hydrogens is 318 g/mol. The molecule has 1 aromatic carbocycles. The zero-order valence-corrected chi connectivity index (χ0v) is 13.9. The Balaban J connectivity index is 2.48. The van der Waals surface area contributed by atoms with Crippen LogP contribution in [0.25, 0.3) is 0 Å². The standard InChI is InChI=1S/C16H24BrNO2/c1-3-12(8-9-18)4-6-14(19)10-13-5-7-16(20-2)15(17)11-13/h5,7,11-12H,3-4,6,8-10,18H2,1-2H3. The van der Waals surface area contributed by atoms with Crippen LogP contribution in [0.1, 0.15) is 38.2 Å². The van der Waals surface area contributed by atoms with Crippen LogP contribution in [-0.4, -0.2) is 19.4 Å². The van der Waals surface area contributed by atoms with Gasteiger partial charge in [0.25, 0.3) is 0 Å². The van der Waals surface area contributed by atoms with Crippen LogP contribution in [0.4, 0.5) is 0 Å². The summed E-state index contributed by atoms with van der Waals surface area (Å²) in [5.41, 5.74) is 6.60. The summed E-state index contributed by atoms with van der Waals surface area (Å²) in [6, 6.07) is 5.78. The van der Waals surface area contributed by atoms with E-state index in [2.05, 4.69) is 22.9 Å². The molecule has 0 saturated heterocycles. The van der Waals surface area contributed by atoms with Crippen molar-refractivity contribution in [2.75, 3.05) is 13.7 Å². The predicted octanol–water partition coefficient (Wildman–Crippen LogP) is 3.72. The number of hydrogen-bond donors (Lipinski definition) is 1. The maximum atomic E-state index is 12.0. The van der Waals surface area contributed by atoms with Crippen molar-refractivity contribution in [2.45, 2.75) is 39.0 Å². The number of nitrogens with two attached hydrogens (primary N) is 1. The molecule has 0 fully saturated rings.